The maximum Gasteiger partial charge on any atom is 0.123 e. The smallest absolute Gasteiger partial charge is 0.123 e. The van der Waals surface area contributed by atoms with Gasteiger partial charge in [-0.15, -0.1) is 0 Å². The Morgan fingerprint density at radius 3 is 2.78 bits per heavy atom. The molecule has 0 aliphatic carbocycles. The molecule has 0 atom stereocenters. The van der Waals surface area contributed by atoms with E-state index >= 15 is 0 Å². The Bertz CT molecular complexity index is 483. The van der Waals surface area contributed by atoms with Crippen LogP contribution in [0.5, 0.6) is 11.5 Å². The van der Waals surface area contributed by atoms with Crippen LogP contribution in [0, 0.1) is 0 Å². The third-order valence-electron chi connectivity index (χ3n) is 2.69. The summed E-state index contributed by atoms with van der Waals surface area (Å²) in [4.78, 5) is 0. The fourth-order valence-corrected chi connectivity index (χ4v) is 1.74. The van der Waals surface area contributed by atoms with Gasteiger partial charge in [-0.3, -0.25) is 5.10 Å². The quantitative estimate of drug-likeness (QED) is 0.816. The van der Waals surface area contributed by atoms with Gasteiger partial charge in [-0.25, -0.2) is 0 Å². The SMILES string of the molecule is COc1ccc(OC)c(CNCc2cn[nH]c2)c1. The molecule has 5 nitrogen and oxygen atoms in total. The first-order chi connectivity index (χ1) is 8.83. The average Bonchev–Trinajstić information content (AvgIpc) is 2.92. The molecule has 0 spiro atoms. The van der Waals surface area contributed by atoms with Crippen LogP contribution >= 0.6 is 0 Å². The fraction of sp³-hybridized carbons (Fsp3) is 0.308. The van der Waals surface area contributed by atoms with E-state index in [9.17, 15) is 0 Å². The van der Waals surface area contributed by atoms with Crippen LogP contribution in [-0.2, 0) is 13.1 Å². The van der Waals surface area contributed by atoms with Gasteiger partial charge in [0.25, 0.3) is 0 Å². The van der Waals surface area contributed by atoms with Gasteiger partial charge in [0.15, 0.2) is 0 Å². The summed E-state index contributed by atoms with van der Waals surface area (Å²) in [6.07, 6.45) is 3.67. The first kappa shape index (κ1) is 12.4. The second-order valence-electron chi connectivity index (χ2n) is 3.89. The molecule has 1 aromatic carbocycles. The van der Waals surface area contributed by atoms with Gasteiger partial charge in [0.2, 0.25) is 0 Å². The van der Waals surface area contributed by atoms with Crippen LogP contribution < -0.4 is 14.8 Å². The van der Waals surface area contributed by atoms with E-state index in [0.29, 0.717) is 6.54 Å². The van der Waals surface area contributed by atoms with E-state index in [1.54, 1.807) is 20.4 Å². The molecular weight excluding hydrogens is 230 g/mol. The number of H-pyrrole nitrogens is 1. The highest BCUT2D eigenvalue weighted by Crippen LogP contribution is 2.23. The van der Waals surface area contributed by atoms with Gasteiger partial charge in [0, 0.05) is 30.4 Å². The Balaban J connectivity index is 1.98. The maximum atomic E-state index is 5.32. The number of nitrogens with zero attached hydrogens (tertiary/aromatic N) is 1. The molecule has 1 heterocycles. The Kier molecular flexibility index (Phi) is 4.20. The van der Waals surface area contributed by atoms with Crippen LogP contribution in [0.15, 0.2) is 30.6 Å². The number of ether oxygens (including phenoxy) is 2. The van der Waals surface area contributed by atoms with Crippen LogP contribution in [0.4, 0.5) is 0 Å². The summed E-state index contributed by atoms with van der Waals surface area (Å²) in [6.45, 7) is 1.47. The predicted octanol–water partition coefficient (Wildman–Crippen LogP) is 1.72. The molecular formula is C13H17N3O2. The van der Waals surface area contributed by atoms with E-state index < -0.39 is 0 Å². The average molecular weight is 247 g/mol. The summed E-state index contributed by atoms with van der Waals surface area (Å²) < 4.78 is 10.5. The van der Waals surface area contributed by atoms with E-state index in [4.69, 9.17) is 9.47 Å². The predicted molar refractivity (Wildman–Crippen MR) is 68.7 cm³/mol. The largest absolute Gasteiger partial charge is 0.497 e. The monoisotopic (exact) mass is 247 g/mol. The summed E-state index contributed by atoms with van der Waals surface area (Å²) in [5, 5.41) is 10.0. The number of aromatic amines is 1. The molecule has 0 unspecified atom stereocenters. The van der Waals surface area contributed by atoms with Crippen molar-refractivity contribution in [1.82, 2.24) is 15.5 Å². The Hall–Kier alpha value is -2.01. The van der Waals surface area contributed by atoms with Crippen molar-refractivity contribution >= 4 is 0 Å². The van der Waals surface area contributed by atoms with E-state index in [1.165, 1.54) is 0 Å². The van der Waals surface area contributed by atoms with Crippen LogP contribution in [0.25, 0.3) is 0 Å². The number of hydrogen-bond donors (Lipinski definition) is 2. The molecule has 0 aliphatic rings. The topological polar surface area (TPSA) is 59.2 Å². The second kappa shape index (κ2) is 6.07. The van der Waals surface area contributed by atoms with Gasteiger partial charge in [-0.05, 0) is 18.2 Å². The van der Waals surface area contributed by atoms with Crippen molar-refractivity contribution in [2.24, 2.45) is 0 Å². The number of nitrogens with one attached hydrogen (secondary N) is 2. The van der Waals surface area contributed by atoms with Crippen molar-refractivity contribution in [2.75, 3.05) is 14.2 Å². The minimum Gasteiger partial charge on any atom is -0.497 e. The van der Waals surface area contributed by atoms with E-state index in [0.717, 1.165) is 29.2 Å². The Morgan fingerprint density at radius 2 is 2.11 bits per heavy atom. The number of benzene rings is 1. The third kappa shape index (κ3) is 3.01. The molecule has 2 rings (SSSR count). The van der Waals surface area contributed by atoms with E-state index in [1.807, 2.05) is 24.4 Å². The number of rotatable bonds is 6. The van der Waals surface area contributed by atoms with Crippen molar-refractivity contribution < 1.29 is 9.47 Å². The molecule has 0 bridgehead atoms. The third-order valence-corrected chi connectivity index (χ3v) is 2.69. The van der Waals surface area contributed by atoms with Gasteiger partial charge < -0.3 is 14.8 Å². The zero-order valence-electron chi connectivity index (χ0n) is 10.6. The minimum atomic E-state index is 0.714. The first-order valence-electron chi connectivity index (χ1n) is 5.72. The first-order valence-corrected chi connectivity index (χ1v) is 5.72. The molecule has 18 heavy (non-hydrogen) atoms. The van der Waals surface area contributed by atoms with Crippen molar-refractivity contribution in [3.63, 3.8) is 0 Å². The Labute approximate surface area is 106 Å². The molecule has 0 aliphatic heterocycles. The molecule has 1 aromatic heterocycles. The van der Waals surface area contributed by atoms with Crippen molar-refractivity contribution in [1.29, 1.82) is 0 Å². The molecule has 96 valence electrons. The number of hydrogen-bond acceptors (Lipinski definition) is 4. The minimum absolute atomic E-state index is 0.714. The van der Waals surface area contributed by atoms with Gasteiger partial charge in [0.05, 0.1) is 20.4 Å². The molecule has 0 saturated heterocycles. The van der Waals surface area contributed by atoms with Crippen LogP contribution in [-0.4, -0.2) is 24.4 Å². The Morgan fingerprint density at radius 1 is 1.22 bits per heavy atom. The molecule has 0 fully saturated rings. The maximum absolute atomic E-state index is 5.32. The lowest BCUT2D eigenvalue weighted by Gasteiger charge is -2.11. The van der Waals surface area contributed by atoms with Crippen LogP contribution in [0.1, 0.15) is 11.1 Å². The highest BCUT2D eigenvalue weighted by molar-refractivity contribution is 5.40. The normalized spacial score (nSPS) is 10.3. The summed E-state index contributed by atoms with van der Waals surface area (Å²) in [6, 6.07) is 5.77. The van der Waals surface area contributed by atoms with Gasteiger partial charge in [0.1, 0.15) is 11.5 Å². The summed E-state index contributed by atoms with van der Waals surface area (Å²) in [5.41, 5.74) is 2.19. The van der Waals surface area contributed by atoms with Gasteiger partial charge in [-0.1, -0.05) is 0 Å². The molecule has 0 amide bonds. The molecule has 0 saturated carbocycles. The van der Waals surface area contributed by atoms with E-state index in [-0.39, 0.29) is 0 Å². The fourth-order valence-electron chi connectivity index (χ4n) is 1.74. The van der Waals surface area contributed by atoms with Crippen molar-refractivity contribution in [2.45, 2.75) is 13.1 Å². The lowest BCUT2D eigenvalue weighted by Crippen LogP contribution is -2.13. The standard InChI is InChI=1S/C13H17N3O2/c1-17-12-3-4-13(18-2)11(5-12)9-14-6-10-7-15-16-8-10/h3-5,7-8,14H,6,9H2,1-2H3,(H,15,16). The lowest BCUT2D eigenvalue weighted by atomic mass is 10.2. The molecule has 5 heteroatoms. The summed E-state index contributed by atoms with van der Waals surface area (Å²) >= 11 is 0. The molecule has 2 N–H and O–H groups in total. The molecule has 0 radical (unpaired) electrons. The van der Waals surface area contributed by atoms with Crippen LogP contribution in [0.2, 0.25) is 0 Å². The van der Waals surface area contributed by atoms with Crippen molar-refractivity contribution in [3.8, 4) is 11.5 Å². The van der Waals surface area contributed by atoms with Crippen LogP contribution in [0.3, 0.4) is 0 Å². The molecule has 2 aromatic rings. The zero-order chi connectivity index (χ0) is 12.8. The number of aromatic nitrogens is 2. The second-order valence-corrected chi connectivity index (χ2v) is 3.89. The van der Waals surface area contributed by atoms with Crippen molar-refractivity contribution in [3.05, 3.63) is 41.7 Å². The highest BCUT2D eigenvalue weighted by Gasteiger charge is 2.04. The lowest BCUT2D eigenvalue weighted by molar-refractivity contribution is 0.397. The number of methoxy groups -OCH3 is 2. The highest BCUT2D eigenvalue weighted by atomic mass is 16.5. The van der Waals surface area contributed by atoms with Gasteiger partial charge >= 0.3 is 0 Å². The summed E-state index contributed by atoms with van der Waals surface area (Å²) in [7, 11) is 3.33. The zero-order valence-corrected chi connectivity index (χ0v) is 10.6. The van der Waals surface area contributed by atoms with Gasteiger partial charge in [-0.2, -0.15) is 5.10 Å². The summed E-state index contributed by atoms with van der Waals surface area (Å²) in [5.74, 6) is 1.69. The van der Waals surface area contributed by atoms with E-state index in [2.05, 4.69) is 15.5 Å².